The first-order valence-corrected chi connectivity index (χ1v) is 8.54. The maximum absolute atomic E-state index is 12.0. The highest BCUT2D eigenvalue weighted by Gasteiger charge is 2.39. The second-order valence-electron chi connectivity index (χ2n) is 6.36. The normalized spacial score (nSPS) is 19.7. The molecule has 3 atom stereocenters. The van der Waals surface area contributed by atoms with Gasteiger partial charge in [0.25, 0.3) is 0 Å². The van der Waals surface area contributed by atoms with Crippen LogP contribution in [0.5, 0.6) is 0 Å². The molecule has 2 amide bonds. The second-order valence-corrected chi connectivity index (χ2v) is 6.36. The molecule has 2 rings (SSSR count). The number of unbranched alkanes of at least 4 members (excludes halogenated alkanes) is 2. The van der Waals surface area contributed by atoms with Crippen molar-refractivity contribution in [3.8, 4) is 0 Å². The lowest BCUT2D eigenvalue weighted by Crippen LogP contribution is -2.46. The van der Waals surface area contributed by atoms with Gasteiger partial charge in [0.15, 0.2) is 0 Å². The molecule has 4 N–H and O–H groups in total. The Morgan fingerprint density at radius 3 is 2.44 bits per heavy atom. The highest BCUT2D eigenvalue weighted by atomic mass is 16.4. The number of rotatable bonds is 10. The Balaban J connectivity index is 1.70. The molecule has 0 bridgehead atoms. The van der Waals surface area contributed by atoms with Crippen LogP contribution in [0, 0.1) is 0 Å². The van der Waals surface area contributed by atoms with E-state index in [4.69, 9.17) is 5.11 Å². The van der Waals surface area contributed by atoms with E-state index >= 15 is 0 Å². The van der Waals surface area contributed by atoms with E-state index in [1.165, 1.54) is 5.56 Å². The van der Waals surface area contributed by atoms with Crippen LogP contribution in [-0.4, -0.2) is 40.3 Å². The van der Waals surface area contributed by atoms with Crippen LogP contribution in [0.3, 0.4) is 0 Å². The summed E-state index contributed by atoms with van der Waals surface area (Å²) < 4.78 is 0. The molecule has 0 saturated heterocycles. The first-order valence-electron chi connectivity index (χ1n) is 8.54. The zero-order valence-corrected chi connectivity index (χ0v) is 14.0. The van der Waals surface area contributed by atoms with E-state index in [9.17, 15) is 19.5 Å². The number of nitrogens with one attached hydrogen (secondary N) is 2. The minimum Gasteiger partial charge on any atom is -0.481 e. The third kappa shape index (κ3) is 6.45. The van der Waals surface area contributed by atoms with Gasteiger partial charge >= 0.3 is 18.0 Å². The molecule has 1 aliphatic carbocycles. The summed E-state index contributed by atoms with van der Waals surface area (Å²) >= 11 is 0. The highest BCUT2D eigenvalue weighted by Crippen LogP contribution is 2.40. The summed E-state index contributed by atoms with van der Waals surface area (Å²) in [5, 5.41) is 23.1. The van der Waals surface area contributed by atoms with Gasteiger partial charge in [-0.15, -0.1) is 0 Å². The van der Waals surface area contributed by atoms with Crippen molar-refractivity contribution in [2.75, 3.05) is 0 Å². The summed E-state index contributed by atoms with van der Waals surface area (Å²) in [6.45, 7) is 0. The fourth-order valence-electron chi connectivity index (χ4n) is 2.85. The molecule has 0 heterocycles. The Bertz CT molecular complexity index is 605. The maximum atomic E-state index is 12.0. The monoisotopic (exact) mass is 348 g/mol. The van der Waals surface area contributed by atoms with Gasteiger partial charge in [0.05, 0.1) is 0 Å². The molecular formula is C18H24N2O5. The summed E-state index contributed by atoms with van der Waals surface area (Å²) in [7, 11) is 0. The van der Waals surface area contributed by atoms with Gasteiger partial charge in [-0.25, -0.2) is 9.59 Å². The van der Waals surface area contributed by atoms with E-state index in [1.54, 1.807) is 0 Å². The van der Waals surface area contributed by atoms with E-state index < -0.39 is 24.0 Å². The number of hydrogen-bond donors (Lipinski definition) is 4. The van der Waals surface area contributed by atoms with Crippen LogP contribution in [0.15, 0.2) is 30.3 Å². The molecule has 1 fully saturated rings. The van der Waals surface area contributed by atoms with Crippen LogP contribution in [0.25, 0.3) is 0 Å². The minimum absolute atomic E-state index is 0.0346. The number of urea groups is 1. The molecule has 7 nitrogen and oxygen atoms in total. The van der Waals surface area contributed by atoms with E-state index in [2.05, 4.69) is 10.6 Å². The van der Waals surface area contributed by atoms with Crippen molar-refractivity contribution >= 4 is 18.0 Å². The molecule has 0 aliphatic heterocycles. The van der Waals surface area contributed by atoms with Crippen molar-refractivity contribution in [2.24, 2.45) is 0 Å². The Labute approximate surface area is 146 Å². The van der Waals surface area contributed by atoms with Crippen molar-refractivity contribution in [1.82, 2.24) is 10.6 Å². The SMILES string of the molecule is O=C(O)CCCCC[C@H](NC(=O)NC1CC1c1ccccc1)C(=O)O. The zero-order valence-electron chi connectivity index (χ0n) is 14.0. The number of carbonyl (C=O) groups is 3. The van der Waals surface area contributed by atoms with Gasteiger partial charge in [-0.2, -0.15) is 0 Å². The Morgan fingerprint density at radius 2 is 1.80 bits per heavy atom. The highest BCUT2D eigenvalue weighted by molar-refractivity contribution is 5.82. The number of aliphatic carboxylic acids is 2. The molecular weight excluding hydrogens is 324 g/mol. The second kappa shape index (κ2) is 9.05. The number of carboxylic acid groups (broad SMARTS) is 2. The number of carboxylic acids is 2. The number of carbonyl (C=O) groups excluding carboxylic acids is 1. The fraction of sp³-hybridized carbons (Fsp3) is 0.500. The van der Waals surface area contributed by atoms with Crippen LogP contribution < -0.4 is 10.6 Å². The molecule has 1 aliphatic rings. The maximum Gasteiger partial charge on any atom is 0.326 e. The topological polar surface area (TPSA) is 116 Å². The fourth-order valence-corrected chi connectivity index (χ4v) is 2.85. The average molecular weight is 348 g/mol. The van der Waals surface area contributed by atoms with Gasteiger partial charge in [0.2, 0.25) is 0 Å². The minimum atomic E-state index is -1.08. The Morgan fingerprint density at radius 1 is 1.08 bits per heavy atom. The molecule has 2 unspecified atom stereocenters. The van der Waals surface area contributed by atoms with Gasteiger partial charge < -0.3 is 20.8 Å². The van der Waals surface area contributed by atoms with Gasteiger partial charge in [0.1, 0.15) is 6.04 Å². The lowest BCUT2D eigenvalue weighted by Gasteiger charge is -2.15. The quantitative estimate of drug-likeness (QED) is 0.484. The standard InChI is InChI=1S/C18H24N2O5/c21-16(22)10-6-2-5-9-14(17(23)24)19-18(25)20-15-11-13(15)12-7-3-1-4-8-12/h1,3-4,7-8,13-15H,2,5-6,9-11H2,(H,21,22)(H,23,24)(H2,19,20,25)/t13?,14-,15?/m0/s1. The molecule has 136 valence electrons. The molecule has 25 heavy (non-hydrogen) atoms. The molecule has 7 heteroatoms. The van der Waals surface area contributed by atoms with Crippen LogP contribution in [-0.2, 0) is 9.59 Å². The molecule has 1 aromatic carbocycles. The molecule has 1 aromatic rings. The average Bonchev–Trinajstić information content (AvgIpc) is 3.32. The zero-order chi connectivity index (χ0) is 18.2. The van der Waals surface area contributed by atoms with Crippen molar-refractivity contribution < 1.29 is 24.6 Å². The van der Waals surface area contributed by atoms with Gasteiger partial charge in [-0.3, -0.25) is 4.79 Å². The summed E-state index contributed by atoms with van der Waals surface area (Å²) in [6, 6.07) is 8.48. The van der Waals surface area contributed by atoms with Crippen molar-refractivity contribution in [3.05, 3.63) is 35.9 Å². The van der Waals surface area contributed by atoms with Gasteiger partial charge in [-0.1, -0.05) is 43.2 Å². The van der Waals surface area contributed by atoms with Crippen molar-refractivity contribution in [1.29, 1.82) is 0 Å². The van der Waals surface area contributed by atoms with Crippen molar-refractivity contribution in [2.45, 2.75) is 56.5 Å². The molecule has 1 saturated carbocycles. The summed E-state index contributed by atoms with van der Waals surface area (Å²) in [5.74, 6) is -1.65. The predicted molar refractivity (Wildman–Crippen MR) is 91.4 cm³/mol. The van der Waals surface area contributed by atoms with Crippen LogP contribution in [0.4, 0.5) is 4.79 Å². The summed E-state index contributed by atoms with van der Waals surface area (Å²) in [5.41, 5.74) is 1.17. The third-order valence-corrected chi connectivity index (χ3v) is 4.32. The number of hydrogen-bond acceptors (Lipinski definition) is 3. The smallest absolute Gasteiger partial charge is 0.326 e. The number of benzene rings is 1. The van der Waals surface area contributed by atoms with E-state index in [-0.39, 0.29) is 24.8 Å². The van der Waals surface area contributed by atoms with Crippen LogP contribution >= 0.6 is 0 Å². The van der Waals surface area contributed by atoms with E-state index in [1.807, 2.05) is 30.3 Å². The van der Waals surface area contributed by atoms with E-state index in [0.717, 1.165) is 6.42 Å². The first-order chi connectivity index (χ1) is 12.0. The predicted octanol–water partition coefficient (Wildman–Crippen LogP) is 2.33. The lowest BCUT2D eigenvalue weighted by atomic mass is 10.1. The molecule has 0 radical (unpaired) electrons. The first kappa shape index (κ1) is 18.8. The van der Waals surface area contributed by atoms with Crippen LogP contribution in [0.2, 0.25) is 0 Å². The molecule has 0 aromatic heterocycles. The van der Waals surface area contributed by atoms with Gasteiger partial charge in [0, 0.05) is 18.4 Å². The van der Waals surface area contributed by atoms with E-state index in [0.29, 0.717) is 19.3 Å². The Hall–Kier alpha value is -2.57. The van der Waals surface area contributed by atoms with Crippen molar-refractivity contribution in [3.63, 3.8) is 0 Å². The lowest BCUT2D eigenvalue weighted by molar-refractivity contribution is -0.139. The third-order valence-electron chi connectivity index (χ3n) is 4.32. The number of amides is 2. The Kier molecular flexibility index (Phi) is 6.80. The molecule has 0 spiro atoms. The summed E-state index contributed by atoms with van der Waals surface area (Å²) in [6.07, 6.45) is 2.90. The summed E-state index contributed by atoms with van der Waals surface area (Å²) in [4.78, 5) is 33.7. The van der Waals surface area contributed by atoms with Gasteiger partial charge in [-0.05, 0) is 24.8 Å². The largest absolute Gasteiger partial charge is 0.481 e. The van der Waals surface area contributed by atoms with Crippen LogP contribution in [0.1, 0.15) is 50.0 Å².